The topological polar surface area (TPSA) is 50.5 Å². The lowest BCUT2D eigenvalue weighted by atomic mass is 9.87. The van der Waals surface area contributed by atoms with Crippen molar-refractivity contribution in [3.8, 4) is 21.6 Å². The van der Waals surface area contributed by atoms with E-state index in [4.69, 9.17) is 10.3 Å². The molecule has 5 heteroatoms. The summed E-state index contributed by atoms with van der Waals surface area (Å²) in [5, 5.41) is 16.6. The van der Waals surface area contributed by atoms with Gasteiger partial charge >= 0.3 is 0 Å². The summed E-state index contributed by atoms with van der Waals surface area (Å²) in [5.41, 5.74) is 10.7. The van der Waals surface area contributed by atoms with Crippen LogP contribution in [-0.2, 0) is 0 Å². The fourth-order valence-corrected chi connectivity index (χ4v) is 8.87. The Balaban J connectivity index is 0.999. The maximum atomic E-state index is 5.15. The van der Waals surface area contributed by atoms with Crippen molar-refractivity contribution in [2.75, 3.05) is 5.32 Å². The highest BCUT2D eigenvalue weighted by Crippen LogP contribution is 2.52. The van der Waals surface area contributed by atoms with Crippen molar-refractivity contribution in [3.63, 3.8) is 0 Å². The summed E-state index contributed by atoms with van der Waals surface area (Å²) in [4.78, 5) is 6.37. The summed E-state index contributed by atoms with van der Waals surface area (Å²) in [6, 6.07) is 60.6. The third-order valence-electron chi connectivity index (χ3n) is 10.1. The highest BCUT2D eigenvalue weighted by atomic mass is 32.1. The van der Waals surface area contributed by atoms with Crippen LogP contribution in [0.25, 0.3) is 47.7 Å². The number of benzene rings is 7. The van der Waals surface area contributed by atoms with E-state index in [1.165, 1.54) is 59.2 Å². The van der Waals surface area contributed by atoms with Crippen molar-refractivity contribution in [1.29, 1.82) is 0 Å². The summed E-state index contributed by atoms with van der Waals surface area (Å²) < 4.78 is 1.32. The number of hydrogen-bond acceptors (Lipinski definition) is 4. The zero-order chi connectivity index (χ0) is 33.7. The van der Waals surface area contributed by atoms with Crippen LogP contribution in [0.4, 0.5) is 5.69 Å². The van der Waals surface area contributed by atoms with Gasteiger partial charge in [0.1, 0.15) is 5.84 Å². The lowest BCUT2D eigenvalue weighted by molar-refractivity contribution is 0.631. The molecule has 0 radical (unpaired) electrons. The summed E-state index contributed by atoms with van der Waals surface area (Å²) in [7, 11) is 0. The lowest BCUT2D eigenvalue weighted by Gasteiger charge is -2.44. The predicted octanol–water partition coefficient (Wildman–Crippen LogP) is 12.0. The first kappa shape index (κ1) is 29.9. The Morgan fingerprint density at radius 2 is 1.24 bits per heavy atom. The number of rotatable bonds is 5. The molecule has 0 bridgehead atoms. The summed E-state index contributed by atoms with van der Waals surface area (Å²) in [6.07, 6.45) is -0.512. The first-order valence-electron chi connectivity index (χ1n) is 17.4. The number of anilines is 1. The van der Waals surface area contributed by atoms with Gasteiger partial charge in [-0.1, -0.05) is 158 Å². The number of aliphatic imine (C=N–C) groups is 1. The molecule has 0 amide bonds. The van der Waals surface area contributed by atoms with Crippen LogP contribution < -0.4 is 10.6 Å². The van der Waals surface area contributed by atoms with Gasteiger partial charge in [-0.05, 0) is 63.1 Å². The van der Waals surface area contributed by atoms with Gasteiger partial charge in [-0.25, -0.2) is 0 Å². The van der Waals surface area contributed by atoms with Gasteiger partial charge < -0.3 is 16.0 Å². The second kappa shape index (κ2) is 12.4. The smallest absolute Gasteiger partial charge is 0.126 e. The molecule has 8 aromatic rings. The molecule has 2 N–H and O–H groups in total. The molecule has 244 valence electrons. The van der Waals surface area contributed by atoms with E-state index in [-0.39, 0.29) is 18.4 Å². The van der Waals surface area contributed by atoms with Gasteiger partial charge in [0.05, 0.1) is 11.7 Å². The van der Waals surface area contributed by atoms with E-state index in [9.17, 15) is 0 Å². The van der Waals surface area contributed by atoms with Gasteiger partial charge in [0.25, 0.3) is 0 Å². The molecule has 3 heterocycles. The van der Waals surface area contributed by atoms with Gasteiger partial charge in [-0.3, -0.25) is 4.99 Å². The average Bonchev–Trinajstić information content (AvgIpc) is 3.61. The second-order valence-electron chi connectivity index (χ2n) is 13.2. The molecule has 51 heavy (non-hydrogen) atoms. The Hall–Kier alpha value is -6.01. The molecule has 2 aliphatic rings. The highest BCUT2D eigenvalue weighted by molar-refractivity contribution is 7.22. The van der Waals surface area contributed by atoms with Crippen molar-refractivity contribution >= 4 is 43.7 Å². The van der Waals surface area contributed by atoms with Crippen molar-refractivity contribution in [2.45, 2.75) is 18.4 Å². The van der Waals surface area contributed by atoms with Crippen LogP contribution >= 0.6 is 11.3 Å². The fraction of sp³-hybridized carbons (Fsp3) is 0.0652. The Labute approximate surface area is 301 Å². The van der Waals surface area contributed by atoms with Crippen molar-refractivity contribution in [2.24, 2.45) is 4.99 Å². The maximum absolute atomic E-state index is 5.15. The van der Waals surface area contributed by atoms with Gasteiger partial charge in [0, 0.05) is 31.7 Å². The Kier molecular flexibility index (Phi) is 7.26. The highest BCUT2D eigenvalue weighted by Gasteiger charge is 2.30. The van der Waals surface area contributed by atoms with Crippen LogP contribution in [0.2, 0.25) is 0 Å². The summed E-state index contributed by atoms with van der Waals surface area (Å²) in [6.45, 7) is 0. The number of amidine groups is 1. The molecule has 10 rings (SSSR count). The van der Waals surface area contributed by atoms with Crippen LogP contribution in [-0.4, -0.2) is 5.84 Å². The minimum atomic E-state index is -0.285. The van der Waals surface area contributed by atoms with E-state index in [2.05, 4.69) is 144 Å². The van der Waals surface area contributed by atoms with Gasteiger partial charge in [0.2, 0.25) is 0 Å². The van der Waals surface area contributed by atoms with Crippen molar-refractivity contribution in [3.05, 3.63) is 203 Å². The standard InChI is InChI=1S/C46H33N4S/c1-3-13-31(14-4-1)44-48-45(32-15-5-2-6-16-32)50-46(49-44)33-24-22-29(23-25-33)34-17-11-18-35(28-34)41-40-37-20-9-10-21-39(37)51-43(40)38-27-26-30-12-7-8-19-36(30)42(38)47-41/h1-28,41,44,46-47H,(H,48,50)/q-1. The molecule has 3 unspecified atom stereocenters. The largest absolute Gasteiger partial charge is 0.613 e. The Bertz CT molecular complexity index is 2570. The van der Waals surface area contributed by atoms with Crippen LogP contribution in [0.15, 0.2) is 175 Å². The first-order valence-corrected chi connectivity index (χ1v) is 18.2. The summed E-state index contributed by atoms with van der Waals surface area (Å²) in [5.74, 6) is 0.857. The van der Waals surface area contributed by atoms with E-state index >= 15 is 0 Å². The minimum Gasteiger partial charge on any atom is -0.613 e. The minimum absolute atomic E-state index is 0.0181. The van der Waals surface area contributed by atoms with E-state index in [1.807, 2.05) is 47.7 Å². The zero-order valence-corrected chi connectivity index (χ0v) is 28.5. The van der Waals surface area contributed by atoms with Crippen LogP contribution in [0.3, 0.4) is 0 Å². The van der Waals surface area contributed by atoms with E-state index in [0.717, 1.165) is 22.5 Å². The molecule has 0 spiro atoms. The molecule has 0 saturated carbocycles. The fourth-order valence-electron chi connectivity index (χ4n) is 7.60. The normalized spacial score (nSPS) is 18.0. The number of nitrogens with one attached hydrogen (secondary N) is 2. The van der Waals surface area contributed by atoms with E-state index in [0.29, 0.717) is 0 Å². The van der Waals surface area contributed by atoms with Crippen molar-refractivity contribution < 1.29 is 0 Å². The maximum Gasteiger partial charge on any atom is 0.126 e. The van der Waals surface area contributed by atoms with Crippen molar-refractivity contribution in [1.82, 2.24) is 5.32 Å². The quantitative estimate of drug-likeness (QED) is 0.191. The zero-order valence-electron chi connectivity index (χ0n) is 27.7. The average molecular weight is 674 g/mol. The van der Waals surface area contributed by atoms with E-state index < -0.39 is 0 Å². The Morgan fingerprint density at radius 1 is 0.529 bits per heavy atom. The van der Waals surface area contributed by atoms with E-state index in [1.54, 1.807) is 0 Å². The number of nitrogens with zero attached hydrogens (tertiary/aromatic N) is 2. The van der Waals surface area contributed by atoms with Crippen LogP contribution in [0, 0.1) is 0 Å². The molecule has 0 aliphatic carbocycles. The molecular weight excluding hydrogens is 641 g/mol. The van der Waals surface area contributed by atoms with Crippen LogP contribution in [0.1, 0.15) is 46.2 Å². The number of fused-ring (bicyclic) bond motifs is 7. The molecule has 7 aromatic carbocycles. The molecular formula is C46H33N4S-. The van der Waals surface area contributed by atoms with Crippen LogP contribution in [0.5, 0.6) is 0 Å². The van der Waals surface area contributed by atoms with Gasteiger partial charge in [-0.15, -0.1) is 11.3 Å². The van der Waals surface area contributed by atoms with Gasteiger partial charge in [0.15, 0.2) is 0 Å². The molecule has 1 aromatic heterocycles. The molecule has 4 nitrogen and oxygen atoms in total. The second-order valence-corrected chi connectivity index (χ2v) is 14.3. The molecule has 3 atom stereocenters. The Morgan fingerprint density at radius 3 is 2.08 bits per heavy atom. The first-order chi connectivity index (χ1) is 25.3. The SMILES string of the molecule is c1ccc(C2=NC(c3ccccc3)[N-]C(c3ccc(-c4cccc(C5Nc6c(ccc7ccccc67)-c6sc7ccccc7c65)c4)cc3)N2)cc1. The molecule has 0 saturated heterocycles. The third-order valence-corrected chi connectivity index (χ3v) is 11.3. The molecule has 0 fully saturated rings. The lowest BCUT2D eigenvalue weighted by Crippen LogP contribution is -2.33. The monoisotopic (exact) mass is 673 g/mol. The third kappa shape index (κ3) is 5.30. The molecule has 2 aliphatic heterocycles. The van der Waals surface area contributed by atoms with Gasteiger partial charge in [-0.2, -0.15) is 0 Å². The summed E-state index contributed by atoms with van der Waals surface area (Å²) >= 11 is 1.90. The number of thiophene rings is 1. The number of hydrogen-bond donors (Lipinski definition) is 2. The predicted molar refractivity (Wildman–Crippen MR) is 214 cm³/mol.